The number of pyridine rings is 1. The lowest BCUT2D eigenvalue weighted by Gasteiger charge is -2.15. The van der Waals surface area contributed by atoms with Crippen molar-refractivity contribution in [3.8, 4) is 0 Å². The van der Waals surface area contributed by atoms with E-state index in [4.69, 9.17) is 0 Å². The van der Waals surface area contributed by atoms with E-state index in [-0.39, 0.29) is 5.91 Å². The van der Waals surface area contributed by atoms with Crippen LogP contribution in [0.1, 0.15) is 19.5 Å². The number of carbonyl (C=O) groups is 1. The van der Waals surface area contributed by atoms with E-state index in [1.165, 1.54) is 0 Å². The van der Waals surface area contributed by atoms with Gasteiger partial charge in [-0.3, -0.25) is 9.78 Å². The summed E-state index contributed by atoms with van der Waals surface area (Å²) in [6.07, 6.45) is 2.52. The highest BCUT2D eigenvalue weighted by Gasteiger charge is 2.22. The van der Waals surface area contributed by atoms with E-state index in [1.54, 1.807) is 6.20 Å². The topological polar surface area (TPSA) is 42.0 Å². The Bertz CT molecular complexity index is 319. The molecule has 0 spiro atoms. The van der Waals surface area contributed by atoms with E-state index < -0.39 is 4.32 Å². The fourth-order valence-electron chi connectivity index (χ4n) is 1.06. The second-order valence-corrected chi connectivity index (χ2v) is 5.78. The van der Waals surface area contributed by atoms with Crippen LogP contribution in [0.4, 0.5) is 0 Å². The summed E-state index contributed by atoms with van der Waals surface area (Å²) < 4.78 is -0.503. The number of halogens is 1. The molecule has 3 nitrogen and oxygen atoms in total. The summed E-state index contributed by atoms with van der Waals surface area (Å²) in [6.45, 7) is 4.26. The van der Waals surface area contributed by atoms with E-state index in [0.29, 0.717) is 6.54 Å². The van der Waals surface area contributed by atoms with Gasteiger partial charge in [0.15, 0.2) is 0 Å². The van der Waals surface area contributed by atoms with Gasteiger partial charge in [-0.1, -0.05) is 22.0 Å². The first-order valence-corrected chi connectivity index (χ1v) is 5.66. The molecule has 0 radical (unpaired) electrons. The maximum atomic E-state index is 11.5. The Labute approximate surface area is 98.4 Å². The molecule has 1 aromatic heterocycles. The standard InChI is InChI=1S/C11H15BrN2O/c1-11(2,12)10(15)14-8-6-9-5-3-4-7-13-9/h3-5,7H,6,8H2,1-2H3,(H,14,15). The third kappa shape index (κ3) is 4.42. The minimum absolute atomic E-state index is 0.00145. The molecule has 0 saturated carbocycles. The first-order valence-electron chi connectivity index (χ1n) is 4.87. The molecule has 0 aliphatic carbocycles. The molecule has 82 valence electrons. The third-order valence-electron chi connectivity index (χ3n) is 1.93. The predicted octanol–water partition coefficient (Wildman–Crippen LogP) is 1.91. The van der Waals surface area contributed by atoms with Crippen molar-refractivity contribution in [1.82, 2.24) is 10.3 Å². The summed E-state index contributed by atoms with van der Waals surface area (Å²) in [7, 11) is 0. The maximum absolute atomic E-state index is 11.5. The molecular formula is C11H15BrN2O. The predicted molar refractivity (Wildman–Crippen MR) is 64.0 cm³/mol. The molecule has 1 amide bonds. The summed E-state index contributed by atoms with van der Waals surface area (Å²) in [4.78, 5) is 15.7. The van der Waals surface area contributed by atoms with Crippen molar-refractivity contribution in [3.05, 3.63) is 30.1 Å². The molecule has 0 unspecified atom stereocenters. The molecule has 0 saturated heterocycles. The largest absolute Gasteiger partial charge is 0.355 e. The van der Waals surface area contributed by atoms with E-state index in [9.17, 15) is 4.79 Å². The summed E-state index contributed by atoms with van der Waals surface area (Å²) in [5, 5.41) is 2.85. The fourth-order valence-corrected chi connectivity index (χ4v) is 1.20. The first-order chi connectivity index (χ1) is 7.00. The highest BCUT2D eigenvalue weighted by atomic mass is 79.9. The zero-order chi connectivity index (χ0) is 11.3. The maximum Gasteiger partial charge on any atom is 0.236 e. The molecule has 4 heteroatoms. The number of nitrogens with zero attached hydrogens (tertiary/aromatic N) is 1. The third-order valence-corrected chi connectivity index (χ3v) is 2.29. The van der Waals surface area contributed by atoms with Gasteiger partial charge in [-0.25, -0.2) is 0 Å². The molecule has 0 fully saturated rings. The molecule has 1 rings (SSSR count). The molecule has 1 N–H and O–H groups in total. The molecular weight excluding hydrogens is 256 g/mol. The van der Waals surface area contributed by atoms with E-state index in [0.717, 1.165) is 12.1 Å². The van der Waals surface area contributed by atoms with Gasteiger partial charge in [-0.2, -0.15) is 0 Å². The number of alkyl halides is 1. The normalized spacial score (nSPS) is 11.1. The Morgan fingerprint density at radius 1 is 1.53 bits per heavy atom. The second-order valence-electron chi connectivity index (χ2n) is 3.80. The van der Waals surface area contributed by atoms with Crippen molar-refractivity contribution in [3.63, 3.8) is 0 Å². The molecule has 0 aromatic carbocycles. The first kappa shape index (κ1) is 12.2. The van der Waals surface area contributed by atoms with Gasteiger partial charge >= 0.3 is 0 Å². The van der Waals surface area contributed by atoms with Gasteiger partial charge in [-0.05, 0) is 26.0 Å². The van der Waals surface area contributed by atoms with Crippen molar-refractivity contribution >= 4 is 21.8 Å². The molecule has 15 heavy (non-hydrogen) atoms. The smallest absolute Gasteiger partial charge is 0.236 e. The number of hydrogen-bond acceptors (Lipinski definition) is 2. The number of carbonyl (C=O) groups excluding carboxylic acids is 1. The van der Waals surface area contributed by atoms with Crippen molar-refractivity contribution in [2.75, 3.05) is 6.54 Å². The Morgan fingerprint density at radius 3 is 2.80 bits per heavy atom. The Morgan fingerprint density at radius 2 is 2.27 bits per heavy atom. The quantitative estimate of drug-likeness (QED) is 0.850. The van der Waals surface area contributed by atoms with Crippen LogP contribution in [0.15, 0.2) is 24.4 Å². The molecule has 0 aliphatic heterocycles. The van der Waals surface area contributed by atoms with Gasteiger partial charge in [0.1, 0.15) is 0 Å². The van der Waals surface area contributed by atoms with Crippen LogP contribution in [0, 0.1) is 0 Å². The Hall–Kier alpha value is -0.900. The van der Waals surface area contributed by atoms with Crippen LogP contribution in [0.25, 0.3) is 0 Å². The Balaban J connectivity index is 2.32. The molecule has 0 aliphatic rings. The summed E-state index contributed by atoms with van der Waals surface area (Å²) >= 11 is 3.30. The molecule has 0 bridgehead atoms. The van der Waals surface area contributed by atoms with Crippen molar-refractivity contribution in [1.29, 1.82) is 0 Å². The molecule has 1 heterocycles. The van der Waals surface area contributed by atoms with Gasteiger partial charge in [-0.15, -0.1) is 0 Å². The zero-order valence-electron chi connectivity index (χ0n) is 8.96. The second kappa shape index (κ2) is 5.26. The van der Waals surface area contributed by atoms with Crippen LogP contribution in [-0.2, 0) is 11.2 Å². The van der Waals surface area contributed by atoms with Gasteiger partial charge in [0, 0.05) is 24.9 Å². The van der Waals surface area contributed by atoms with Crippen molar-refractivity contribution in [2.45, 2.75) is 24.6 Å². The van der Waals surface area contributed by atoms with Crippen molar-refractivity contribution < 1.29 is 4.79 Å². The average molecular weight is 271 g/mol. The van der Waals surface area contributed by atoms with E-state index in [2.05, 4.69) is 26.2 Å². The zero-order valence-corrected chi connectivity index (χ0v) is 10.5. The van der Waals surface area contributed by atoms with Crippen LogP contribution in [0.2, 0.25) is 0 Å². The SMILES string of the molecule is CC(C)(Br)C(=O)NCCc1ccccn1. The Kier molecular flexibility index (Phi) is 4.27. The fraction of sp³-hybridized carbons (Fsp3) is 0.455. The number of hydrogen-bond donors (Lipinski definition) is 1. The minimum Gasteiger partial charge on any atom is -0.355 e. The lowest BCUT2D eigenvalue weighted by Crippen LogP contribution is -2.38. The van der Waals surface area contributed by atoms with Crippen LogP contribution in [0.3, 0.4) is 0 Å². The van der Waals surface area contributed by atoms with Gasteiger partial charge < -0.3 is 5.32 Å². The van der Waals surface area contributed by atoms with Crippen LogP contribution < -0.4 is 5.32 Å². The number of nitrogens with one attached hydrogen (secondary N) is 1. The van der Waals surface area contributed by atoms with Crippen LogP contribution in [-0.4, -0.2) is 21.8 Å². The average Bonchev–Trinajstić information content (AvgIpc) is 2.18. The van der Waals surface area contributed by atoms with Crippen LogP contribution in [0.5, 0.6) is 0 Å². The monoisotopic (exact) mass is 270 g/mol. The summed E-state index contributed by atoms with van der Waals surface area (Å²) in [5.74, 6) is -0.00145. The van der Waals surface area contributed by atoms with E-state index in [1.807, 2.05) is 32.0 Å². The minimum atomic E-state index is -0.503. The van der Waals surface area contributed by atoms with Gasteiger partial charge in [0.2, 0.25) is 5.91 Å². The molecule has 0 atom stereocenters. The number of amides is 1. The number of rotatable bonds is 4. The van der Waals surface area contributed by atoms with Crippen molar-refractivity contribution in [2.24, 2.45) is 0 Å². The summed E-state index contributed by atoms with van der Waals surface area (Å²) in [6, 6.07) is 5.77. The van der Waals surface area contributed by atoms with Gasteiger partial charge in [0.05, 0.1) is 4.32 Å². The molecule has 1 aromatic rings. The van der Waals surface area contributed by atoms with Gasteiger partial charge in [0.25, 0.3) is 0 Å². The lowest BCUT2D eigenvalue weighted by molar-refractivity contribution is -0.122. The summed E-state index contributed by atoms with van der Waals surface area (Å²) in [5.41, 5.74) is 0.991. The lowest BCUT2D eigenvalue weighted by atomic mass is 10.2. The highest BCUT2D eigenvalue weighted by molar-refractivity contribution is 9.10. The van der Waals surface area contributed by atoms with Crippen LogP contribution >= 0.6 is 15.9 Å². The highest BCUT2D eigenvalue weighted by Crippen LogP contribution is 2.14. The van der Waals surface area contributed by atoms with E-state index >= 15 is 0 Å². The number of aromatic nitrogens is 1.